The summed E-state index contributed by atoms with van der Waals surface area (Å²) < 4.78 is 19.1. The van der Waals surface area contributed by atoms with Crippen molar-refractivity contribution in [1.29, 1.82) is 0 Å². The molecular formula is C14H13FN4O. The number of hydrogen-bond acceptors (Lipinski definition) is 5. The first-order chi connectivity index (χ1) is 9.67. The minimum atomic E-state index is -0.254. The second-order valence-electron chi connectivity index (χ2n) is 4.56. The van der Waals surface area contributed by atoms with Crippen molar-refractivity contribution >= 4 is 0 Å². The molecule has 0 saturated heterocycles. The highest BCUT2D eigenvalue weighted by Crippen LogP contribution is 2.17. The van der Waals surface area contributed by atoms with Crippen molar-refractivity contribution < 1.29 is 9.13 Å². The zero-order valence-corrected chi connectivity index (χ0v) is 11.2. The molecule has 0 fully saturated rings. The number of rotatable bonds is 3. The summed E-state index contributed by atoms with van der Waals surface area (Å²) in [5.41, 5.74) is 2.98. The second-order valence-corrected chi connectivity index (χ2v) is 4.56. The summed E-state index contributed by atoms with van der Waals surface area (Å²) in [6.45, 7) is 2.18. The van der Waals surface area contributed by atoms with E-state index in [4.69, 9.17) is 4.74 Å². The maximum Gasteiger partial charge on any atom is 0.237 e. The third kappa shape index (κ3) is 2.24. The van der Waals surface area contributed by atoms with E-state index in [1.807, 2.05) is 13.0 Å². The van der Waals surface area contributed by atoms with Crippen molar-refractivity contribution in [1.82, 2.24) is 9.97 Å². The van der Waals surface area contributed by atoms with Gasteiger partial charge >= 0.3 is 0 Å². The van der Waals surface area contributed by atoms with E-state index in [0.717, 1.165) is 5.56 Å². The first-order valence-corrected chi connectivity index (χ1v) is 6.22. The van der Waals surface area contributed by atoms with Crippen LogP contribution in [0.5, 0.6) is 5.88 Å². The van der Waals surface area contributed by atoms with Crippen molar-refractivity contribution in [3.05, 3.63) is 51.8 Å². The molecule has 0 aliphatic carbocycles. The van der Waals surface area contributed by atoms with Gasteiger partial charge in [0.1, 0.15) is 18.2 Å². The molecule has 0 atom stereocenters. The van der Waals surface area contributed by atoms with Crippen LogP contribution in [-0.4, -0.2) is 23.7 Å². The molecule has 0 spiro atoms. The van der Waals surface area contributed by atoms with Gasteiger partial charge in [0.2, 0.25) is 5.88 Å². The lowest BCUT2D eigenvalue weighted by molar-refractivity contribution is 0.387. The van der Waals surface area contributed by atoms with Gasteiger partial charge in [-0.2, -0.15) is 4.98 Å². The summed E-state index contributed by atoms with van der Waals surface area (Å²) in [5.74, 6) is 0.112. The summed E-state index contributed by atoms with van der Waals surface area (Å²) >= 11 is 0. The smallest absolute Gasteiger partial charge is 0.237 e. The maximum atomic E-state index is 13.9. The second kappa shape index (κ2) is 4.96. The number of benzene rings is 1. The quantitative estimate of drug-likeness (QED) is 0.827. The Labute approximate surface area is 114 Å². The summed E-state index contributed by atoms with van der Waals surface area (Å²) in [7, 11) is 1.51. The Kier molecular flexibility index (Phi) is 3.14. The monoisotopic (exact) mass is 272 g/mol. The molecule has 0 saturated carbocycles. The van der Waals surface area contributed by atoms with Gasteiger partial charge in [-0.25, -0.2) is 19.4 Å². The first kappa shape index (κ1) is 12.7. The van der Waals surface area contributed by atoms with Gasteiger partial charge in [-0.1, -0.05) is 12.1 Å². The standard InChI is InChI=1S/C14H13FN4O/c1-8-3-4-9(10(15)5-8)6-11-14(20-2)19-13-12(18-11)16-7-17-13/h3-5H,6-7H2,1-2H3. The van der Waals surface area contributed by atoms with Gasteiger partial charge in [-0.3, -0.25) is 0 Å². The molecule has 102 valence electrons. The minimum absolute atomic E-state index is 0.254. The Morgan fingerprint density at radius 3 is 2.65 bits per heavy atom. The van der Waals surface area contributed by atoms with Gasteiger partial charge in [-0.05, 0) is 24.1 Å². The van der Waals surface area contributed by atoms with Crippen LogP contribution in [0.4, 0.5) is 4.39 Å². The first-order valence-electron chi connectivity index (χ1n) is 6.22. The highest BCUT2D eigenvalue weighted by Gasteiger charge is 2.13. The number of ether oxygens (including phenoxy) is 1. The topological polar surface area (TPSA) is 59.7 Å². The number of fused-ring (bicyclic) bond motifs is 1. The Morgan fingerprint density at radius 1 is 1.20 bits per heavy atom. The fraction of sp³-hybridized carbons (Fsp3) is 0.286. The van der Waals surface area contributed by atoms with E-state index in [0.29, 0.717) is 41.2 Å². The molecule has 5 nitrogen and oxygen atoms in total. The number of hydrogen-bond donors (Lipinski definition) is 0. The van der Waals surface area contributed by atoms with Crippen molar-refractivity contribution in [2.45, 2.75) is 13.3 Å². The average molecular weight is 272 g/mol. The molecule has 1 aromatic heterocycles. The molecule has 2 heterocycles. The number of methoxy groups -OCH3 is 1. The third-order valence-electron chi connectivity index (χ3n) is 3.10. The van der Waals surface area contributed by atoms with Crippen molar-refractivity contribution in [2.75, 3.05) is 13.8 Å². The van der Waals surface area contributed by atoms with Crippen LogP contribution in [0, 0.1) is 12.7 Å². The molecule has 20 heavy (non-hydrogen) atoms. The highest BCUT2D eigenvalue weighted by molar-refractivity contribution is 5.30. The van der Waals surface area contributed by atoms with Crippen molar-refractivity contribution in [3.63, 3.8) is 0 Å². The van der Waals surface area contributed by atoms with Crippen LogP contribution in [0.15, 0.2) is 28.2 Å². The van der Waals surface area contributed by atoms with Crippen molar-refractivity contribution in [2.24, 2.45) is 9.98 Å². The number of aromatic nitrogens is 2. The normalized spacial score (nSPS) is 12.6. The Morgan fingerprint density at radius 2 is 1.95 bits per heavy atom. The molecule has 3 rings (SSSR count). The fourth-order valence-corrected chi connectivity index (χ4v) is 2.07. The maximum absolute atomic E-state index is 13.9. The van der Waals surface area contributed by atoms with Crippen LogP contribution >= 0.6 is 0 Å². The zero-order valence-electron chi connectivity index (χ0n) is 11.2. The largest absolute Gasteiger partial charge is 0.480 e. The van der Waals surface area contributed by atoms with E-state index < -0.39 is 0 Å². The van der Waals surface area contributed by atoms with E-state index in [1.165, 1.54) is 13.2 Å². The molecule has 0 unspecified atom stereocenters. The SMILES string of the molecule is COc1nc2c(nc1Cc1ccc(C)cc1F)=NCN=2. The van der Waals surface area contributed by atoms with Crippen LogP contribution < -0.4 is 15.7 Å². The van der Waals surface area contributed by atoms with E-state index in [2.05, 4.69) is 20.0 Å². The van der Waals surface area contributed by atoms with Crippen LogP contribution in [0.3, 0.4) is 0 Å². The number of aryl methyl sites for hydroxylation is 1. The molecule has 0 bridgehead atoms. The Hall–Kier alpha value is -2.37. The summed E-state index contributed by atoms with van der Waals surface area (Å²) in [6, 6.07) is 5.12. The van der Waals surface area contributed by atoms with Gasteiger partial charge in [0.05, 0.1) is 7.11 Å². The van der Waals surface area contributed by atoms with E-state index >= 15 is 0 Å². The molecule has 6 heteroatoms. The Bertz CT molecular complexity index is 788. The highest BCUT2D eigenvalue weighted by atomic mass is 19.1. The summed E-state index contributed by atoms with van der Waals surface area (Å²) in [6.07, 6.45) is 0.311. The lowest BCUT2D eigenvalue weighted by Gasteiger charge is -2.07. The fourth-order valence-electron chi connectivity index (χ4n) is 2.07. The summed E-state index contributed by atoms with van der Waals surface area (Å²) in [4.78, 5) is 16.8. The van der Waals surface area contributed by atoms with Crippen LogP contribution in [-0.2, 0) is 6.42 Å². The lowest BCUT2D eigenvalue weighted by atomic mass is 10.1. The predicted octanol–water partition coefficient (Wildman–Crippen LogP) is 0.734. The van der Waals surface area contributed by atoms with Crippen LogP contribution in [0.1, 0.15) is 16.8 Å². The summed E-state index contributed by atoms with van der Waals surface area (Å²) in [5, 5.41) is 0. The van der Waals surface area contributed by atoms with Gasteiger partial charge in [0, 0.05) is 6.42 Å². The molecule has 1 aliphatic heterocycles. The van der Waals surface area contributed by atoms with E-state index in [-0.39, 0.29) is 5.82 Å². The number of halogens is 1. The van der Waals surface area contributed by atoms with Crippen LogP contribution in [0.2, 0.25) is 0 Å². The third-order valence-corrected chi connectivity index (χ3v) is 3.10. The van der Waals surface area contributed by atoms with Crippen molar-refractivity contribution in [3.8, 4) is 5.88 Å². The van der Waals surface area contributed by atoms with Crippen LogP contribution in [0.25, 0.3) is 0 Å². The molecule has 2 aromatic rings. The molecule has 0 N–H and O–H groups in total. The van der Waals surface area contributed by atoms with Gasteiger partial charge in [-0.15, -0.1) is 0 Å². The molecule has 0 radical (unpaired) electrons. The van der Waals surface area contributed by atoms with Gasteiger partial charge < -0.3 is 4.74 Å². The number of nitrogens with zero attached hydrogens (tertiary/aromatic N) is 4. The average Bonchev–Trinajstić information content (AvgIpc) is 2.88. The molecule has 1 aliphatic rings. The Balaban J connectivity index is 2.05. The van der Waals surface area contributed by atoms with E-state index in [9.17, 15) is 4.39 Å². The van der Waals surface area contributed by atoms with Gasteiger partial charge in [0.15, 0.2) is 11.0 Å². The molecule has 0 amide bonds. The van der Waals surface area contributed by atoms with E-state index in [1.54, 1.807) is 6.07 Å². The predicted molar refractivity (Wildman–Crippen MR) is 69.7 cm³/mol. The zero-order chi connectivity index (χ0) is 14.1. The lowest BCUT2D eigenvalue weighted by Crippen LogP contribution is -2.31. The molecule has 1 aromatic carbocycles. The molecular weight excluding hydrogens is 259 g/mol. The minimum Gasteiger partial charge on any atom is -0.480 e. The van der Waals surface area contributed by atoms with Gasteiger partial charge in [0.25, 0.3) is 0 Å².